The van der Waals surface area contributed by atoms with Crippen molar-refractivity contribution in [3.05, 3.63) is 29.8 Å². The van der Waals surface area contributed by atoms with Crippen LogP contribution in [0.3, 0.4) is 0 Å². The molecule has 0 aromatic heterocycles. The molecule has 0 amide bonds. The summed E-state index contributed by atoms with van der Waals surface area (Å²) in [6, 6.07) is 8.61. The fraction of sp³-hybridized carbons (Fsp3) is 0.714. The molecule has 0 unspecified atom stereocenters. The summed E-state index contributed by atoms with van der Waals surface area (Å²) in [5, 5.41) is 0. The third-order valence-electron chi connectivity index (χ3n) is 5.51. The third kappa shape index (κ3) is 8.24. The van der Waals surface area contributed by atoms with Gasteiger partial charge in [-0.2, -0.15) is 0 Å². The first kappa shape index (κ1) is 21.5. The lowest BCUT2D eigenvalue weighted by Gasteiger charge is -2.28. The van der Waals surface area contributed by atoms with Crippen LogP contribution < -0.4 is 4.74 Å². The third-order valence-corrected chi connectivity index (χ3v) is 6.41. The van der Waals surface area contributed by atoms with Crippen molar-refractivity contribution in [3.8, 4) is 5.75 Å². The van der Waals surface area contributed by atoms with E-state index >= 15 is 0 Å². The molecule has 1 fully saturated rings. The van der Waals surface area contributed by atoms with Gasteiger partial charge in [-0.1, -0.05) is 44.7 Å². The van der Waals surface area contributed by atoms with Crippen molar-refractivity contribution in [1.29, 1.82) is 0 Å². The topological polar surface area (TPSA) is 66.8 Å². The molecule has 5 heteroatoms. The molecule has 1 aromatic carbocycles. The number of hydrogen-bond acceptors (Lipinski definition) is 2. The van der Waals surface area contributed by atoms with Crippen molar-refractivity contribution in [2.75, 3.05) is 12.8 Å². The van der Waals surface area contributed by atoms with E-state index in [1.54, 1.807) is 0 Å². The van der Waals surface area contributed by atoms with Gasteiger partial charge in [-0.25, -0.2) is 0 Å². The van der Waals surface area contributed by atoms with Crippen molar-refractivity contribution < 1.29 is 19.1 Å². The summed E-state index contributed by atoms with van der Waals surface area (Å²) in [5.74, 6) is 2.58. The molecule has 0 atom stereocenters. The lowest BCUT2D eigenvalue weighted by atomic mass is 9.77. The standard InChI is InChI=1S/C21H35O4P/c1-2-7-18-8-10-19(11-9-18)20-12-14-21(15-13-20)25-16-5-3-4-6-17-26(22,23)24/h12-15,18-19H,2-11,16-17H2,1H3,(H2,22,23,24). The van der Waals surface area contributed by atoms with Crippen LogP contribution in [-0.2, 0) is 4.57 Å². The molecule has 2 N–H and O–H groups in total. The lowest BCUT2D eigenvalue weighted by Crippen LogP contribution is -2.13. The Hall–Kier alpha value is -0.830. The summed E-state index contributed by atoms with van der Waals surface area (Å²) in [6.45, 7) is 2.95. The molecule has 4 nitrogen and oxygen atoms in total. The van der Waals surface area contributed by atoms with Crippen LogP contribution in [0.2, 0.25) is 0 Å². The molecule has 1 aromatic rings. The van der Waals surface area contributed by atoms with Gasteiger partial charge in [-0.05, 0) is 68.1 Å². The van der Waals surface area contributed by atoms with Gasteiger partial charge in [0.25, 0.3) is 0 Å². The Morgan fingerprint density at radius 2 is 1.65 bits per heavy atom. The Morgan fingerprint density at radius 1 is 1.00 bits per heavy atom. The van der Waals surface area contributed by atoms with Crippen molar-refractivity contribution in [1.82, 2.24) is 0 Å². The second-order valence-corrected chi connectivity index (χ2v) is 9.50. The molecule has 0 saturated heterocycles. The maximum Gasteiger partial charge on any atom is 0.325 e. The van der Waals surface area contributed by atoms with Gasteiger partial charge in [-0.3, -0.25) is 4.57 Å². The van der Waals surface area contributed by atoms with Gasteiger partial charge in [-0.15, -0.1) is 0 Å². The van der Waals surface area contributed by atoms with E-state index in [1.165, 1.54) is 44.1 Å². The van der Waals surface area contributed by atoms with Crippen molar-refractivity contribution in [2.45, 2.75) is 77.0 Å². The maximum absolute atomic E-state index is 10.8. The van der Waals surface area contributed by atoms with Gasteiger partial charge >= 0.3 is 7.60 Å². The maximum atomic E-state index is 10.8. The van der Waals surface area contributed by atoms with Crippen LogP contribution in [0.15, 0.2) is 24.3 Å². The molecule has 0 spiro atoms. The summed E-state index contributed by atoms with van der Waals surface area (Å²) in [6.07, 6.45) is 11.4. The van der Waals surface area contributed by atoms with Crippen LogP contribution in [0.5, 0.6) is 5.75 Å². The van der Waals surface area contributed by atoms with E-state index in [1.807, 2.05) is 0 Å². The molecule has 2 rings (SSSR count). The summed E-state index contributed by atoms with van der Waals surface area (Å²) in [5.41, 5.74) is 1.45. The Balaban J connectivity index is 1.61. The molecule has 148 valence electrons. The highest BCUT2D eigenvalue weighted by atomic mass is 31.2. The highest BCUT2D eigenvalue weighted by Crippen LogP contribution is 2.38. The van der Waals surface area contributed by atoms with Gasteiger partial charge in [0.2, 0.25) is 0 Å². The smallest absolute Gasteiger partial charge is 0.325 e. The lowest BCUT2D eigenvalue weighted by molar-refractivity contribution is 0.302. The molecule has 1 saturated carbocycles. The van der Waals surface area contributed by atoms with E-state index in [4.69, 9.17) is 14.5 Å². The Kier molecular flexibility index (Phi) is 9.18. The van der Waals surface area contributed by atoms with Crippen molar-refractivity contribution in [2.24, 2.45) is 5.92 Å². The van der Waals surface area contributed by atoms with Crippen LogP contribution in [0.1, 0.15) is 82.6 Å². The number of unbranched alkanes of at least 4 members (excludes halogenated alkanes) is 3. The molecule has 0 bridgehead atoms. The molecule has 1 aliphatic rings. The minimum Gasteiger partial charge on any atom is -0.494 e. The molecule has 0 heterocycles. The average molecular weight is 382 g/mol. The second kappa shape index (κ2) is 11.1. The van der Waals surface area contributed by atoms with Gasteiger partial charge in [0.15, 0.2) is 0 Å². The second-order valence-electron chi connectivity index (χ2n) is 7.73. The van der Waals surface area contributed by atoms with Crippen LogP contribution in [0, 0.1) is 5.92 Å². The predicted octanol–water partition coefficient (Wildman–Crippen LogP) is 5.88. The van der Waals surface area contributed by atoms with Crippen molar-refractivity contribution >= 4 is 7.60 Å². The molecular formula is C21H35O4P. The highest BCUT2D eigenvalue weighted by Gasteiger charge is 2.21. The van der Waals surface area contributed by atoms with Gasteiger partial charge in [0.05, 0.1) is 6.61 Å². The summed E-state index contributed by atoms with van der Waals surface area (Å²) in [4.78, 5) is 17.6. The number of ether oxygens (including phenoxy) is 1. The average Bonchev–Trinajstić information content (AvgIpc) is 2.61. The van der Waals surface area contributed by atoms with E-state index < -0.39 is 7.60 Å². The van der Waals surface area contributed by atoms with Gasteiger partial charge in [0.1, 0.15) is 5.75 Å². The molecule has 1 aliphatic carbocycles. The monoisotopic (exact) mass is 382 g/mol. The van der Waals surface area contributed by atoms with E-state index in [0.717, 1.165) is 30.9 Å². The minimum absolute atomic E-state index is 0.00429. The van der Waals surface area contributed by atoms with Crippen LogP contribution in [0.4, 0.5) is 0 Å². The Morgan fingerprint density at radius 3 is 2.27 bits per heavy atom. The first-order valence-electron chi connectivity index (χ1n) is 10.2. The van der Waals surface area contributed by atoms with Gasteiger partial charge in [0, 0.05) is 6.16 Å². The Bertz CT molecular complexity index is 544. The molecule has 0 radical (unpaired) electrons. The normalized spacial score (nSPS) is 20.9. The zero-order chi connectivity index (χ0) is 18.8. The molecule has 0 aliphatic heterocycles. The molecule has 26 heavy (non-hydrogen) atoms. The van der Waals surface area contributed by atoms with Crippen LogP contribution in [0.25, 0.3) is 0 Å². The van der Waals surface area contributed by atoms with E-state index in [-0.39, 0.29) is 6.16 Å². The fourth-order valence-electron chi connectivity index (χ4n) is 3.99. The van der Waals surface area contributed by atoms with E-state index in [2.05, 4.69) is 31.2 Å². The van der Waals surface area contributed by atoms with Crippen molar-refractivity contribution in [3.63, 3.8) is 0 Å². The summed E-state index contributed by atoms with van der Waals surface area (Å²) >= 11 is 0. The quantitative estimate of drug-likeness (QED) is 0.371. The number of hydrogen-bond donors (Lipinski definition) is 2. The van der Waals surface area contributed by atoms with E-state index in [9.17, 15) is 4.57 Å². The van der Waals surface area contributed by atoms with Crippen LogP contribution in [-0.4, -0.2) is 22.6 Å². The fourth-order valence-corrected chi connectivity index (χ4v) is 4.63. The summed E-state index contributed by atoms with van der Waals surface area (Å²) in [7, 11) is -3.82. The minimum atomic E-state index is -3.82. The first-order chi connectivity index (χ1) is 12.5. The SMILES string of the molecule is CCCC1CCC(c2ccc(OCCCCCCP(=O)(O)O)cc2)CC1. The summed E-state index contributed by atoms with van der Waals surface area (Å²) < 4.78 is 16.6. The zero-order valence-electron chi connectivity index (χ0n) is 16.1. The number of benzene rings is 1. The zero-order valence-corrected chi connectivity index (χ0v) is 17.0. The number of rotatable bonds is 11. The largest absolute Gasteiger partial charge is 0.494 e. The van der Waals surface area contributed by atoms with Gasteiger partial charge < -0.3 is 14.5 Å². The highest BCUT2D eigenvalue weighted by molar-refractivity contribution is 7.51. The molecular weight excluding hydrogens is 347 g/mol. The predicted molar refractivity (Wildman–Crippen MR) is 107 cm³/mol. The Labute approximate surface area is 158 Å². The first-order valence-corrected chi connectivity index (χ1v) is 12.0. The van der Waals surface area contributed by atoms with E-state index in [0.29, 0.717) is 18.9 Å². The van der Waals surface area contributed by atoms with Crippen LogP contribution >= 0.6 is 7.60 Å².